The SMILES string of the molecule is Cc1ccc(S(=O)(=O)O)cc1.NC(N)=NNC=C=Cc1cccn1-c1ccccc1[N+](=O)[O-]. The molecule has 0 saturated heterocycles. The highest BCUT2D eigenvalue weighted by molar-refractivity contribution is 7.85. The zero-order valence-corrected chi connectivity index (χ0v) is 18.3. The molecular formula is C21H22N6O5S. The normalized spacial score (nSPS) is 10.1. The van der Waals surface area contributed by atoms with Crippen LogP contribution in [0.4, 0.5) is 5.69 Å². The third-order valence-electron chi connectivity index (χ3n) is 4.01. The molecule has 0 spiro atoms. The van der Waals surface area contributed by atoms with Gasteiger partial charge in [-0.1, -0.05) is 35.6 Å². The lowest BCUT2D eigenvalue weighted by Gasteiger charge is -2.06. The standard InChI is InChI=1S/C14H14N6O2.C7H8O3S/c15-14(16)18-17-9-3-5-11-6-4-10-19(11)12-7-1-2-8-13(12)20(21)22;1-6-2-4-7(5-3-6)11(8,9)10/h1-2,4-10,17H,(H4,15,16,18);2-5H,1H3,(H,8,9,10). The van der Waals surface area contributed by atoms with E-state index >= 15 is 0 Å². The molecule has 0 amide bonds. The molecule has 0 saturated carbocycles. The summed E-state index contributed by atoms with van der Waals surface area (Å²) in [5.41, 5.74) is 17.8. The Morgan fingerprint density at radius 1 is 1.15 bits per heavy atom. The van der Waals surface area contributed by atoms with Crippen molar-refractivity contribution in [2.45, 2.75) is 11.8 Å². The van der Waals surface area contributed by atoms with Gasteiger partial charge in [-0.2, -0.15) is 8.42 Å². The maximum atomic E-state index is 11.1. The van der Waals surface area contributed by atoms with Crippen molar-refractivity contribution >= 4 is 27.8 Å². The first-order chi connectivity index (χ1) is 15.6. The van der Waals surface area contributed by atoms with Crippen molar-refractivity contribution in [1.82, 2.24) is 9.99 Å². The van der Waals surface area contributed by atoms with Crippen LogP contribution in [0.25, 0.3) is 11.8 Å². The molecule has 0 aliphatic rings. The third kappa shape index (κ3) is 7.67. The van der Waals surface area contributed by atoms with Gasteiger partial charge in [0.2, 0.25) is 5.96 Å². The highest BCUT2D eigenvalue weighted by Crippen LogP contribution is 2.24. The summed E-state index contributed by atoms with van der Waals surface area (Å²) in [6, 6.07) is 16.1. The van der Waals surface area contributed by atoms with Crippen LogP contribution >= 0.6 is 0 Å². The lowest BCUT2D eigenvalue weighted by molar-refractivity contribution is -0.384. The van der Waals surface area contributed by atoms with E-state index in [9.17, 15) is 18.5 Å². The summed E-state index contributed by atoms with van der Waals surface area (Å²) in [6.45, 7) is 1.84. The van der Waals surface area contributed by atoms with E-state index in [0.717, 1.165) is 11.3 Å². The molecule has 0 bridgehead atoms. The molecular weight excluding hydrogens is 448 g/mol. The van der Waals surface area contributed by atoms with Gasteiger partial charge in [0.1, 0.15) is 5.69 Å². The van der Waals surface area contributed by atoms with E-state index in [4.69, 9.17) is 16.0 Å². The zero-order chi connectivity index (χ0) is 24.4. The predicted octanol–water partition coefficient (Wildman–Crippen LogP) is 2.53. The lowest BCUT2D eigenvalue weighted by atomic mass is 10.2. The molecule has 172 valence electrons. The van der Waals surface area contributed by atoms with Gasteiger partial charge in [0, 0.05) is 18.3 Å². The second-order valence-corrected chi connectivity index (χ2v) is 7.88. The molecule has 3 aromatic rings. The minimum atomic E-state index is -4.02. The van der Waals surface area contributed by atoms with Crippen molar-refractivity contribution in [1.29, 1.82) is 0 Å². The average Bonchev–Trinajstić information content (AvgIpc) is 3.22. The van der Waals surface area contributed by atoms with Crippen LogP contribution in [0.2, 0.25) is 0 Å². The number of para-hydroxylation sites is 2. The summed E-state index contributed by atoms with van der Waals surface area (Å²) in [6.07, 6.45) is 4.79. The summed E-state index contributed by atoms with van der Waals surface area (Å²) in [7, 11) is -4.02. The first kappa shape index (κ1) is 24.9. The highest BCUT2D eigenvalue weighted by atomic mass is 32.2. The number of rotatable bonds is 6. The number of hydrogen-bond donors (Lipinski definition) is 4. The quantitative estimate of drug-likeness (QED) is 0.106. The van der Waals surface area contributed by atoms with Crippen molar-refractivity contribution in [2.24, 2.45) is 16.6 Å². The zero-order valence-electron chi connectivity index (χ0n) is 17.5. The van der Waals surface area contributed by atoms with Gasteiger partial charge in [0.25, 0.3) is 15.8 Å². The number of nitro groups is 1. The van der Waals surface area contributed by atoms with Crippen LogP contribution in [0.3, 0.4) is 0 Å². The van der Waals surface area contributed by atoms with E-state index in [1.165, 1.54) is 24.4 Å². The van der Waals surface area contributed by atoms with Gasteiger partial charge in [-0.25, -0.2) is 0 Å². The Morgan fingerprint density at radius 3 is 2.42 bits per heavy atom. The van der Waals surface area contributed by atoms with Crippen LogP contribution < -0.4 is 16.9 Å². The van der Waals surface area contributed by atoms with E-state index in [-0.39, 0.29) is 16.5 Å². The Hall–Kier alpha value is -4.38. The van der Waals surface area contributed by atoms with Gasteiger partial charge in [0.05, 0.1) is 21.7 Å². The fourth-order valence-corrected chi connectivity index (χ4v) is 3.01. The predicted molar refractivity (Wildman–Crippen MR) is 125 cm³/mol. The monoisotopic (exact) mass is 470 g/mol. The number of hydrogen-bond acceptors (Lipinski definition) is 6. The number of nitro benzene ring substituents is 1. The Labute approximate surface area is 190 Å². The summed E-state index contributed by atoms with van der Waals surface area (Å²) in [4.78, 5) is 10.6. The van der Waals surface area contributed by atoms with Crippen molar-refractivity contribution in [2.75, 3.05) is 0 Å². The first-order valence-corrected chi connectivity index (χ1v) is 10.7. The number of hydrazone groups is 1. The van der Waals surface area contributed by atoms with Gasteiger partial charge in [0.15, 0.2) is 0 Å². The summed E-state index contributed by atoms with van der Waals surface area (Å²) in [5.74, 6) is -0.0960. The molecule has 3 rings (SSSR count). The Morgan fingerprint density at radius 2 is 1.82 bits per heavy atom. The van der Waals surface area contributed by atoms with E-state index in [0.29, 0.717) is 5.69 Å². The smallest absolute Gasteiger partial charge is 0.294 e. The highest BCUT2D eigenvalue weighted by Gasteiger charge is 2.14. The number of nitrogens with two attached hydrogens (primary N) is 2. The molecule has 11 nitrogen and oxygen atoms in total. The summed E-state index contributed by atoms with van der Waals surface area (Å²) < 4.78 is 31.2. The molecule has 33 heavy (non-hydrogen) atoms. The minimum absolute atomic E-state index is 0.0240. The Balaban J connectivity index is 0.000000294. The van der Waals surface area contributed by atoms with Crippen molar-refractivity contribution < 1.29 is 17.9 Å². The van der Waals surface area contributed by atoms with Gasteiger partial charge in [-0.3, -0.25) is 20.1 Å². The van der Waals surface area contributed by atoms with Crippen molar-refractivity contribution in [3.8, 4) is 5.69 Å². The molecule has 0 aliphatic carbocycles. The van der Waals surface area contributed by atoms with E-state index < -0.39 is 15.0 Å². The van der Waals surface area contributed by atoms with Gasteiger partial charge in [-0.05, 0) is 37.3 Å². The van der Waals surface area contributed by atoms with E-state index in [1.54, 1.807) is 59.3 Å². The number of benzene rings is 2. The van der Waals surface area contributed by atoms with Gasteiger partial charge < -0.3 is 16.0 Å². The van der Waals surface area contributed by atoms with E-state index in [1.807, 2.05) is 6.92 Å². The van der Waals surface area contributed by atoms with Crippen LogP contribution in [-0.2, 0) is 10.1 Å². The Bertz CT molecular complexity index is 1300. The Kier molecular flexibility index (Phi) is 8.52. The molecule has 0 radical (unpaired) electrons. The minimum Gasteiger partial charge on any atom is -0.369 e. The number of aromatic nitrogens is 1. The second-order valence-electron chi connectivity index (χ2n) is 6.46. The van der Waals surface area contributed by atoms with Gasteiger partial charge >= 0.3 is 0 Å². The average molecular weight is 471 g/mol. The fourth-order valence-electron chi connectivity index (χ4n) is 2.53. The summed E-state index contributed by atoms with van der Waals surface area (Å²) in [5, 5.41) is 14.7. The van der Waals surface area contributed by atoms with Crippen LogP contribution in [0, 0.1) is 17.0 Å². The van der Waals surface area contributed by atoms with Crippen molar-refractivity contribution in [3.05, 3.63) is 100 Å². The molecule has 1 aromatic heterocycles. The maximum Gasteiger partial charge on any atom is 0.294 e. The molecule has 6 N–H and O–H groups in total. The van der Waals surface area contributed by atoms with Gasteiger partial charge in [-0.15, -0.1) is 5.10 Å². The topological polar surface area (TPSA) is 179 Å². The van der Waals surface area contributed by atoms with Crippen LogP contribution in [-0.4, -0.2) is 28.4 Å². The van der Waals surface area contributed by atoms with Crippen LogP contribution in [0.5, 0.6) is 0 Å². The number of guanidine groups is 1. The molecule has 0 fully saturated rings. The molecule has 0 unspecified atom stereocenters. The third-order valence-corrected chi connectivity index (χ3v) is 4.88. The largest absolute Gasteiger partial charge is 0.369 e. The van der Waals surface area contributed by atoms with Crippen LogP contribution in [0.1, 0.15) is 11.3 Å². The number of aryl methyl sites for hydroxylation is 1. The fraction of sp³-hybridized carbons (Fsp3) is 0.0476. The van der Waals surface area contributed by atoms with Crippen LogP contribution in [0.15, 0.2) is 88.8 Å². The number of nitrogens with one attached hydrogen (secondary N) is 1. The molecule has 2 aromatic carbocycles. The lowest BCUT2D eigenvalue weighted by Crippen LogP contribution is -2.24. The van der Waals surface area contributed by atoms with E-state index in [2.05, 4.69) is 16.3 Å². The second kappa shape index (κ2) is 11.3. The molecule has 1 heterocycles. The first-order valence-electron chi connectivity index (χ1n) is 9.30. The summed E-state index contributed by atoms with van der Waals surface area (Å²) >= 11 is 0. The molecule has 0 atom stereocenters. The molecule has 0 aliphatic heterocycles. The molecule has 12 heteroatoms. The maximum absolute atomic E-state index is 11.1. The number of nitrogens with zero attached hydrogens (tertiary/aromatic N) is 3. The van der Waals surface area contributed by atoms with Crippen molar-refractivity contribution in [3.63, 3.8) is 0 Å².